The molecule has 3 heterocycles. The fraction of sp³-hybridized carbons (Fsp3) is 0.583. The predicted octanol–water partition coefficient (Wildman–Crippen LogP) is 3.98. The van der Waals surface area contributed by atoms with Crippen LogP contribution in [0.5, 0.6) is 0 Å². The number of benzene rings is 1. The van der Waals surface area contributed by atoms with Crippen LogP contribution in [0.1, 0.15) is 43.4 Å². The van der Waals surface area contributed by atoms with E-state index in [4.69, 9.17) is 4.98 Å². The molecule has 7 heteroatoms. The molecule has 2 fully saturated rings. The smallest absolute Gasteiger partial charge is 0.193 e. The number of piperidine rings is 1. The highest BCUT2D eigenvalue weighted by Gasteiger charge is 2.16. The SMILES string of the molecule is CN=C(NCCc1csc(N2CCCC2)n1)N(C)Cc1ccc(N2CCCCC2)cc1. The second-order valence-electron chi connectivity index (χ2n) is 8.61. The molecule has 0 unspecified atom stereocenters. The van der Waals surface area contributed by atoms with E-state index in [0.29, 0.717) is 0 Å². The zero-order valence-corrected chi connectivity index (χ0v) is 19.8. The minimum Gasteiger partial charge on any atom is -0.372 e. The number of aromatic nitrogens is 1. The van der Waals surface area contributed by atoms with Crippen molar-refractivity contribution in [2.75, 3.05) is 56.6 Å². The summed E-state index contributed by atoms with van der Waals surface area (Å²) in [5, 5.41) is 6.88. The van der Waals surface area contributed by atoms with E-state index in [2.05, 4.69) is 61.7 Å². The van der Waals surface area contributed by atoms with Crippen LogP contribution in [-0.2, 0) is 13.0 Å². The van der Waals surface area contributed by atoms with Crippen molar-refractivity contribution in [3.8, 4) is 0 Å². The highest BCUT2D eigenvalue weighted by Crippen LogP contribution is 2.24. The van der Waals surface area contributed by atoms with Crippen LogP contribution < -0.4 is 15.1 Å². The Balaban J connectivity index is 1.24. The Labute approximate surface area is 191 Å². The standard InChI is InChI=1S/C24H36N6S/c1-25-23(26-13-12-21-19-31-24(27-21)30-16-6-7-17-30)28(2)18-20-8-10-22(11-9-20)29-14-4-3-5-15-29/h8-11,19H,3-7,12-18H2,1-2H3,(H,25,26). The van der Waals surface area contributed by atoms with E-state index in [1.165, 1.54) is 67.3 Å². The third kappa shape index (κ3) is 5.91. The first-order chi connectivity index (χ1) is 15.2. The molecule has 1 aromatic carbocycles. The van der Waals surface area contributed by atoms with Crippen LogP contribution in [0.4, 0.5) is 10.8 Å². The molecule has 0 atom stereocenters. The normalized spacial score (nSPS) is 17.3. The van der Waals surface area contributed by atoms with Gasteiger partial charge in [-0.25, -0.2) is 4.98 Å². The second kappa shape index (κ2) is 10.8. The first-order valence-electron chi connectivity index (χ1n) is 11.7. The van der Waals surface area contributed by atoms with Crippen molar-refractivity contribution in [3.63, 3.8) is 0 Å². The van der Waals surface area contributed by atoms with Gasteiger partial charge in [-0.15, -0.1) is 11.3 Å². The summed E-state index contributed by atoms with van der Waals surface area (Å²) in [5.74, 6) is 0.926. The van der Waals surface area contributed by atoms with Crippen molar-refractivity contribution in [2.45, 2.75) is 45.1 Å². The highest BCUT2D eigenvalue weighted by molar-refractivity contribution is 7.13. The molecule has 0 amide bonds. The Hall–Kier alpha value is -2.28. The third-order valence-electron chi connectivity index (χ3n) is 6.23. The fourth-order valence-corrected chi connectivity index (χ4v) is 5.38. The van der Waals surface area contributed by atoms with E-state index in [-0.39, 0.29) is 0 Å². The van der Waals surface area contributed by atoms with Gasteiger partial charge in [0.05, 0.1) is 5.69 Å². The van der Waals surface area contributed by atoms with Gasteiger partial charge >= 0.3 is 0 Å². The Morgan fingerprint density at radius 2 is 1.71 bits per heavy atom. The predicted molar refractivity (Wildman–Crippen MR) is 133 cm³/mol. The van der Waals surface area contributed by atoms with Gasteiger partial charge in [-0.05, 0) is 49.8 Å². The van der Waals surface area contributed by atoms with E-state index in [0.717, 1.165) is 38.6 Å². The van der Waals surface area contributed by atoms with Crippen molar-refractivity contribution in [2.24, 2.45) is 4.99 Å². The monoisotopic (exact) mass is 440 g/mol. The number of nitrogens with one attached hydrogen (secondary N) is 1. The Morgan fingerprint density at radius 3 is 2.42 bits per heavy atom. The molecule has 2 aromatic rings. The van der Waals surface area contributed by atoms with E-state index < -0.39 is 0 Å². The molecular weight excluding hydrogens is 404 g/mol. The van der Waals surface area contributed by atoms with Gasteiger partial charge in [0, 0.05) is 70.9 Å². The number of guanidine groups is 1. The number of hydrogen-bond donors (Lipinski definition) is 1. The van der Waals surface area contributed by atoms with Crippen LogP contribution in [-0.4, -0.2) is 62.7 Å². The molecule has 168 valence electrons. The van der Waals surface area contributed by atoms with Gasteiger partial charge in [-0.2, -0.15) is 0 Å². The first-order valence-corrected chi connectivity index (χ1v) is 12.6. The van der Waals surface area contributed by atoms with Gasteiger partial charge in [0.15, 0.2) is 11.1 Å². The average Bonchev–Trinajstić information content (AvgIpc) is 3.50. The Bertz CT molecular complexity index is 834. The number of hydrogen-bond acceptors (Lipinski definition) is 5. The molecule has 4 rings (SSSR count). The molecule has 1 N–H and O–H groups in total. The van der Waals surface area contributed by atoms with Crippen LogP contribution in [0.15, 0.2) is 34.6 Å². The summed E-state index contributed by atoms with van der Waals surface area (Å²) in [6.45, 7) is 6.37. The molecular formula is C24H36N6S. The summed E-state index contributed by atoms with van der Waals surface area (Å²) < 4.78 is 0. The van der Waals surface area contributed by atoms with Crippen LogP contribution in [0.3, 0.4) is 0 Å². The quantitative estimate of drug-likeness (QED) is 0.521. The average molecular weight is 441 g/mol. The summed E-state index contributed by atoms with van der Waals surface area (Å²) in [5.41, 5.74) is 3.83. The summed E-state index contributed by atoms with van der Waals surface area (Å²) in [6, 6.07) is 9.04. The summed E-state index contributed by atoms with van der Waals surface area (Å²) >= 11 is 1.77. The molecule has 0 bridgehead atoms. The minimum atomic E-state index is 0.841. The lowest BCUT2D eigenvalue weighted by Gasteiger charge is -2.29. The second-order valence-corrected chi connectivity index (χ2v) is 9.45. The van der Waals surface area contributed by atoms with Crippen molar-refractivity contribution < 1.29 is 0 Å². The van der Waals surface area contributed by atoms with Crippen LogP contribution in [0, 0.1) is 0 Å². The lowest BCUT2D eigenvalue weighted by Crippen LogP contribution is -2.39. The van der Waals surface area contributed by atoms with Crippen molar-refractivity contribution in [1.82, 2.24) is 15.2 Å². The van der Waals surface area contributed by atoms with Gasteiger partial charge in [0.1, 0.15) is 0 Å². The van der Waals surface area contributed by atoms with E-state index >= 15 is 0 Å². The van der Waals surface area contributed by atoms with Crippen LogP contribution in [0.2, 0.25) is 0 Å². The number of nitrogens with zero attached hydrogens (tertiary/aromatic N) is 5. The van der Waals surface area contributed by atoms with Gasteiger partial charge in [0.2, 0.25) is 0 Å². The third-order valence-corrected chi connectivity index (χ3v) is 7.18. The van der Waals surface area contributed by atoms with E-state index in [9.17, 15) is 0 Å². The number of anilines is 2. The maximum absolute atomic E-state index is 4.82. The molecule has 0 radical (unpaired) electrons. The van der Waals surface area contributed by atoms with Gasteiger partial charge < -0.3 is 20.0 Å². The lowest BCUT2D eigenvalue weighted by atomic mass is 10.1. The van der Waals surface area contributed by atoms with Crippen LogP contribution in [0.25, 0.3) is 0 Å². The molecule has 1 aromatic heterocycles. The highest BCUT2D eigenvalue weighted by atomic mass is 32.1. The molecule has 31 heavy (non-hydrogen) atoms. The molecule has 6 nitrogen and oxygen atoms in total. The molecule has 0 aliphatic carbocycles. The minimum absolute atomic E-state index is 0.841. The largest absolute Gasteiger partial charge is 0.372 e. The van der Waals surface area contributed by atoms with Crippen molar-refractivity contribution >= 4 is 28.1 Å². The first kappa shape index (κ1) is 21.9. The molecule has 2 saturated heterocycles. The Morgan fingerprint density at radius 1 is 1.03 bits per heavy atom. The topological polar surface area (TPSA) is 47.0 Å². The maximum atomic E-state index is 4.82. The maximum Gasteiger partial charge on any atom is 0.193 e. The summed E-state index contributed by atoms with van der Waals surface area (Å²) in [7, 11) is 3.95. The van der Waals surface area contributed by atoms with Crippen LogP contribution >= 0.6 is 11.3 Å². The molecule has 2 aliphatic heterocycles. The van der Waals surface area contributed by atoms with Gasteiger partial charge in [-0.1, -0.05) is 12.1 Å². The zero-order chi connectivity index (χ0) is 21.5. The molecule has 0 spiro atoms. The number of thiazole rings is 1. The van der Waals surface area contributed by atoms with E-state index in [1.807, 2.05) is 7.05 Å². The fourth-order valence-electron chi connectivity index (χ4n) is 4.46. The summed E-state index contributed by atoms with van der Waals surface area (Å²) in [6.07, 6.45) is 7.50. The lowest BCUT2D eigenvalue weighted by molar-refractivity contribution is 0.477. The van der Waals surface area contributed by atoms with Crippen molar-refractivity contribution in [1.29, 1.82) is 0 Å². The molecule has 2 aliphatic rings. The Kier molecular flexibility index (Phi) is 7.67. The number of rotatable bonds is 7. The number of aliphatic imine (C=N–C) groups is 1. The van der Waals surface area contributed by atoms with Crippen molar-refractivity contribution in [3.05, 3.63) is 40.9 Å². The zero-order valence-electron chi connectivity index (χ0n) is 19.0. The molecule has 0 saturated carbocycles. The van der Waals surface area contributed by atoms with Gasteiger partial charge in [-0.3, -0.25) is 4.99 Å². The summed E-state index contributed by atoms with van der Waals surface area (Å²) in [4.78, 5) is 16.4. The van der Waals surface area contributed by atoms with E-state index in [1.54, 1.807) is 11.3 Å². The van der Waals surface area contributed by atoms with Gasteiger partial charge in [0.25, 0.3) is 0 Å².